The summed E-state index contributed by atoms with van der Waals surface area (Å²) in [6.45, 7) is 1.97. The molecule has 0 N–H and O–H groups in total. The maximum Gasteiger partial charge on any atom is 0.300 e. The number of thioether (sulfide) groups is 1. The molecule has 0 atom stereocenters. The molecule has 0 radical (unpaired) electrons. The van der Waals surface area contributed by atoms with E-state index in [4.69, 9.17) is 0 Å². The van der Waals surface area contributed by atoms with E-state index in [1.54, 1.807) is 18.2 Å². The van der Waals surface area contributed by atoms with Crippen molar-refractivity contribution in [2.24, 2.45) is 12.0 Å². The van der Waals surface area contributed by atoms with Crippen molar-refractivity contribution in [1.29, 1.82) is 0 Å². The van der Waals surface area contributed by atoms with Crippen LogP contribution in [-0.2, 0) is 11.8 Å². The van der Waals surface area contributed by atoms with Crippen molar-refractivity contribution in [2.75, 3.05) is 10.7 Å². The maximum absolute atomic E-state index is 13.2. The van der Waals surface area contributed by atoms with Crippen molar-refractivity contribution in [3.05, 3.63) is 77.1 Å². The highest BCUT2D eigenvalue weighted by Crippen LogP contribution is 2.29. The molecule has 1 aliphatic rings. The summed E-state index contributed by atoms with van der Waals surface area (Å²) < 4.78 is 5.61. The number of aliphatic imine (C=N–C) groups is 1. The number of hydrogen-bond donors (Lipinski definition) is 0. The second-order valence-electron chi connectivity index (χ2n) is 6.86. The molecule has 2 heterocycles. The molecule has 1 aliphatic heterocycles. The Labute approximate surface area is 182 Å². The van der Waals surface area contributed by atoms with Crippen molar-refractivity contribution in [3.63, 3.8) is 0 Å². The van der Waals surface area contributed by atoms with Crippen LogP contribution in [0.1, 0.15) is 21.6 Å². The summed E-state index contributed by atoms with van der Waals surface area (Å²) >= 11 is 1.07. The van der Waals surface area contributed by atoms with Gasteiger partial charge in [-0.3, -0.25) is 14.5 Å². The Morgan fingerprint density at radius 3 is 2.68 bits per heavy atom. The monoisotopic (exact) mass is 434 g/mol. The van der Waals surface area contributed by atoms with Gasteiger partial charge in [-0.05, 0) is 30.7 Å². The molecule has 0 aliphatic carbocycles. The van der Waals surface area contributed by atoms with Crippen LogP contribution in [0.2, 0.25) is 0 Å². The number of rotatable bonds is 5. The third-order valence-corrected chi connectivity index (χ3v) is 5.49. The lowest BCUT2D eigenvalue weighted by Crippen LogP contribution is -2.38. The Kier molecular flexibility index (Phi) is 5.68. The number of Topliss-reactive ketones (excluding diaryl/α,β-unsaturated/α-hetero) is 1. The normalized spacial score (nSPS) is 14.9. The van der Waals surface area contributed by atoms with Crippen LogP contribution >= 0.6 is 11.8 Å². The molecular weight excluding hydrogens is 416 g/mol. The first kappa shape index (κ1) is 20.5. The SMILES string of the molecule is Cc1cccc(/C=C2/N=C(SCC(=O)c3c([O-])on[n+]3C)N(c3ccccc3)C2=O)c1. The van der Waals surface area contributed by atoms with Crippen molar-refractivity contribution >= 4 is 40.4 Å². The smallest absolute Gasteiger partial charge is 0.300 e. The molecule has 1 amide bonds. The predicted octanol–water partition coefficient (Wildman–Crippen LogP) is 2.24. The van der Waals surface area contributed by atoms with Gasteiger partial charge in [-0.15, -0.1) is 0 Å². The van der Waals surface area contributed by atoms with Crippen molar-refractivity contribution in [3.8, 4) is 5.95 Å². The summed E-state index contributed by atoms with van der Waals surface area (Å²) in [4.78, 5) is 31.6. The standard InChI is InChI=1S/C22H18N4O4S/c1-14-7-6-8-15(11-14)12-17-20(28)26(16-9-4-3-5-10-16)22(23-17)31-13-18(27)19-21(29)30-24-25(19)2/h3-12H,13H2,1-2H3/b17-12+. The van der Waals surface area contributed by atoms with Crippen molar-refractivity contribution < 1.29 is 23.9 Å². The number of ketones is 1. The van der Waals surface area contributed by atoms with Gasteiger partial charge in [0.05, 0.1) is 16.7 Å². The Hall–Kier alpha value is -3.72. The second-order valence-corrected chi connectivity index (χ2v) is 7.80. The van der Waals surface area contributed by atoms with Crippen LogP contribution in [0.4, 0.5) is 5.69 Å². The van der Waals surface area contributed by atoms with Gasteiger partial charge in [0.15, 0.2) is 18.2 Å². The minimum Gasteiger partial charge on any atom is -0.539 e. The van der Waals surface area contributed by atoms with E-state index in [2.05, 4.69) is 14.8 Å². The molecular formula is C22H18N4O4S. The zero-order valence-corrected chi connectivity index (χ0v) is 17.6. The van der Waals surface area contributed by atoms with E-state index in [1.807, 2.05) is 49.4 Å². The van der Waals surface area contributed by atoms with E-state index in [9.17, 15) is 14.7 Å². The molecule has 8 nitrogen and oxygen atoms in total. The fourth-order valence-electron chi connectivity index (χ4n) is 3.12. The molecule has 0 bridgehead atoms. The number of para-hydroxylation sites is 1. The van der Waals surface area contributed by atoms with E-state index in [-0.39, 0.29) is 23.1 Å². The van der Waals surface area contributed by atoms with Gasteiger partial charge in [-0.25, -0.2) is 4.99 Å². The first-order chi connectivity index (χ1) is 14.9. The van der Waals surface area contributed by atoms with E-state index in [0.29, 0.717) is 10.9 Å². The fraction of sp³-hybridized carbons (Fsp3) is 0.136. The first-order valence-electron chi connectivity index (χ1n) is 9.39. The van der Waals surface area contributed by atoms with Crippen LogP contribution in [-0.4, -0.2) is 27.9 Å². The lowest BCUT2D eigenvalue weighted by molar-refractivity contribution is -0.741. The van der Waals surface area contributed by atoms with E-state index < -0.39 is 11.7 Å². The molecule has 31 heavy (non-hydrogen) atoms. The molecule has 4 rings (SSSR count). The van der Waals surface area contributed by atoms with Crippen molar-refractivity contribution in [2.45, 2.75) is 6.92 Å². The van der Waals surface area contributed by atoms with Gasteiger partial charge in [0.25, 0.3) is 11.6 Å². The average molecular weight is 434 g/mol. The lowest BCUT2D eigenvalue weighted by Gasteiger charge is -2.17. The Morgan fingerprint density at radius 1 is 1.23 bits per heavy atom. The number of anilines is 1. The maximum atomic E-state index is 13.2. The molecule has 156 valence electrons. The molecule has 0 saturated heterocycles. The van der Waals surface area contributed by atoms with Gasteiger partial charge >= 0.3 is 0 Å². The summed E-state index contributed by atoms with van der Waals surface area (Å²) in [5.41, 5.74) is 2.68. The molecule has 3 aromatic rings. The number of amides is 1. The number of hydrogen-bond acceptors (Lipinski definition) is 7. The van der Waals surface area contributed by atoms with Crippen LogP contribution in [0.3, 0.4) is 0 Å². The van der Waals surface area contributed by atoms with Gasteiger partial charge in [0.2, 0.25) is 5.78 Å². The predicted molar refractivity (Wildman–Crippen MR) is 114 cm³/mol. The van der Waals surface area contributed by atoms with Gasteiger partial charge in [0, 0.05) is 0 Å². The van der Waals surface area contributed by atoms with E-state index in [1.165, 1.54) is 11.9 Å². The Morgan fingerprint density at radius 2 is 2.00 bits per heavy atom. The Balaban J connectivity index is 1.64. The molecule has 9 heteroatoms. The zero-order chi connectivity index (χ0) is 22.0. The van der Waals surface area contributed by atoms with E-state index in [0.717, 1.165) is 27.6 Å². The number of carbonyl (C=O) groups is 2. The van der Waals surface area contributed by atoms with Gasteiger partial charge < -0.3 is 9.63 Å². The minimum absolute atomic E-state index is 0.0997. The molecule has 0 spiro atoms. The minimum atomic E-state index is -0.794. The fourth-order valence-corrected chi connectivity index (χ4v) is 4.00. The molecule has 2 aromatic carbocycles. The van der Waals surface area contributed by atoms with Gasteiger partial charge in [-0.1, -0.05) is 64.5 Å². The third kappa shape index (κ3) is 4.26. The van der Waals surface area contributed by atoms with Crippen LogP contribution in [0, 0.1) is 6.92 Å². The van der Waals surface area contributed by atoms with Crippen LogP contribution in [0.15, 0.2) is 69.8 Å². The van der Waals surface area contributed by atoms with E-state index >= 15 is 0 Å². The molecule has 0 unspecified atom stereocenters. The highest BCUT2D eigenvalue weighted by Gasteiger charge is 2.33. The van der Waals surface area contributed by atoms with Gasteiger partial charge in [-0.2, -0.15) is 0 Å². The summed E-state index contributed by atoms with van der Waals surface area (Å²) in [6, 6.07) is 16.8. The number of carbonyl (C=O) groups excluding carboxylic acids is 2. The van der Waals surface area contributed by atoms with Crippen LogP contribution < -0.4 is 14.7 Å². The zero-order valence-electron chi connectivity index (χ0n) is 16.8. The average Bonchev–Trinajstić information content (AvgIpc) is 3.25. The topological polar surface area (TPSA) is 103 Å². The summed E-state index contributed by atoms with van der Waals surface area (Å²) in [7, 11) is 1.46. The van der Waals surface area contributed by atoms with Crippen LogP contribution in [0.5, 0.6) is 5.95 Å². The quantitative estimate of drug-likeness (QED) is 0.347. The van der Waals surface area contributed by atoms with Gasteiger partial charge in [0.1, 0.15) is 5.70 Å². The summed E-state index contributed by atoms with van der Waals surface area (Å²) in [6.07, 6.45) is 1.72. The summed E-state index contributed by atoms with van der Waals surface area (Å²) in [5.74, 6) is -1.64. The highest BCUT2D eigenvalue weighted by atomic mass is 32.2. The molecule has 0 saturated carbocycles. The lowest BCUT2D eigenvalue weighted by atomic mass is 10.1. The third-order valence-electron chi connectivity index (χ3n) is 4.55. The molecule has 1 aromatic heterocycles. The first-order valence-corrected chi connectivity index (χ1v) is 10.4. The number of nitrogens with zero attached hydrogens (tertiary/aromatic N) is 4. The number of aromatic nitrogens is 2. The number of benzene rings is 2. The number of aryl methyl sites for hydroxylation is 2. The second kappa shape index (κ2) is 8.57. The Bertz CT molecular complexity index is 1200. The van der Waals surface area contributed by atoms with Crippen LogP contribution in [0.25, 0.3) is 6.08 Å². The molecule has 0 fully saturated rings. The van der Waals surface area contributed by atoms with Crippen molar-refractivity contribution in [1.82, 2.24) is 5.27 Å². The largest absolute Gasteiger partial charge is 0.539 e. The number of amidine groups is 1. The highest BCUT2D eigenvalue weighted by molar-refractivity contribution is 8.14. The summed E-state index contributed by atoms with van der Waals surface area (Å²) in [5, 5.41) is 15.5.